The molecule has 4 aromatic rings. The molecule has 5 nitrogen and oxygen atoms in total. The first-order valence-electron chi connectivity index (χ1n) is 9.94. The number of nitrogens with zero attached hydrogens (tertiary/aromatic N) is 3. The lowest BCUT2D eigenvalue weighted by Crippen LogP contribution is -2.27. The van der Waals surface area contributed by atoms with Crippen LogP contribution in [-0.4, -0.2) is 20.7 Å². The first-order valence-corrected chi connectivity index (χ1v) is 10.7. The minimum atomic E-state index is -4.88. The molecule has 0 saturated carbocycles. The first-order chi connectivity index (χ1) is 16.2. The van der Waals surface area contributed by atoms with Crippen molar-refractivity contribution in [2.24, 2.45) is 0 Å². The Hall–Kier alpha value is -3.62. The molecule has 1 amide bonds. The molecule has 1 N–H and O–H groups in total. The van der Waals surface area contributed by atoms with E-state index in [-0.39, 0.29) is 11.0 Å². The van der Waals surface area contributed by atoms with Crippen molar-refractivity contribution in [3.8, 4) is 16.9 Å². The number of amides is 1. The number of fused-ring (bicyclic) bond motifs is 1. The summed E-state index contributed by atoms with van der Waals surface area (Å²) in [6.45, 7) is 0. The molecule has 0 fully saturated rings. The van der Waals surface area contributed by atoms with E-state index in [0.717, 1.165) is 6.07 Å². The van der Waals surface area contributed by atoms with Crippen LogP contribution >= 0.6 is 23.2 Å². The molecule has 2 aromatic carbocycles. The smallest absolute Gasteiger partial charge is 0.322 e. The molecule has 170 valence electrons. The number of carbonyl (C=O) groups is 1. The molecule has 10 heteroatoms. The Balaban J connectivity index is 1.81. The maximum Gasteiger partial charge on any atom is 0.434 e. The van der Waals surface area contributed by atoms with Gasteiger partial charge in [-0.15, -0.1) is 5.10 Å². The largest absolute Gasteiger partial charge is 0.434 e. The Morgan fingerprint density at radius 3 is 2.35 bits per heavy atom. The van der Waals surface area contributed by atoms with Crippen molar-refractivity contribution >= 4 is 40.1 Å². The molecule has 2 heterocycles. The fraction of sp³-hybridized carbons (Fsp3) is 0.0417. The van der Waals surface area contributed by atoms with E-state index in [2.05, 4.69) is 15.4 Å². The summed E-state index contributed by atoms with van der Waals surface area (Å²) in [5.74, 6) is -0.926. The maximum atomic E-state index is 13.9. The van der Waals surface area contributed by atoms with E-state index < -0.39 is 23.3 Å². The van der Waals surface area contributed by atoms with E-state index in [1.54, 1.807) is 66.8 Å². The lowest BCUT2D eigenvalue weighted by atomic mass is 10.0. The standard InChI is InChI=1S/C24H13Cl2F3N4O/c25-14-10-8-13(9-11-14)20-16-12-17(23(34)30-15-4-3-5-15)21(24(27,28)29)31-22(16)32-33(20)19-7-2-1-6-18(19)26/h1-12H,(H,30,34). The van der Waals surface area contributed by atoms with Gasteiger partial charge in [0.25, 0.3) is 5.91 Å². The molecule has 0 spiro atoms. The van der Waals surface area contributed by atoms with E-state index in [1.165, 1.54) is 4.68 Å². The van der Waals surface area contributed by atoms with Gasteiger partial charge in [-0.05, 0) is 42.5 Å². The van der Waals surface area contributed by atoms with Gasteiger partial charge < -0.3 is 5.32 Å². The van der Waals surface area contributed by atoms with Crippen molar-refractivity contribution in [3.63, 3.8) is 0 Å². The van der Waals surface area contributed by atoms with Crippen molar-refractivity contribution in [3.05, 3.63) is 99.8 Å². The summed E-state index contributed by atoms with van der Waals surface area (Å²) in [5, 5.41) is 7.86. The number of aromatic nitrogens is 3. The third-order valence-corrected chi connectivity index (χ3v) is 5.76. The van der Waals surface area contributed by atoms with Gasteiger partial charge in [-0.1, -0.05) is 53.5 Å². The molecule has 0 unspecified atom stereocenters. The normalized spacial score (nSPS) is 13.0. The van der Waals surface area contributed by atoms with E-state index in [0.29, 0.717) is 32.7 Å². The van der Waals surface area contributed by atoms with Gasteiger partial charge in [0.2, 0.25) is 0 Å². The highest BCUT2D eigenvalue weighted by Crippen LogP contribution is 2.37. The predicted molar refractivity (Wildman–Crippen MR) is 124 cm³/mol. The number of pyridine rings is 1. The zero-order chi connectivity index (χ0) is 24.0. The van der Waals surface area contributed by atoms with Gasteiger partial charge in [0.15, 0.2) is 11.3 Å². The SMILES string of the molecule is O=C(NC1=CC=C1)c1cc2c(-c3ccc(Cl)cc3)n(-c3ccccc3Cl)nc2nc1C(F)(F)F. The summed E-state index contributed by atoms with van der Waals surface area (Å²) >= 11 is 12.4. The monoisotopic (exact) mass is 500 g/mol. The molecule has 1 aliphatic rings. The van der Waals surface area contributed by atoms with Crippen molar-refractivity contribution in [1.29, 1.82) is 0 Å². The maximum absolute atomic E-state index is 13.9. The van der Waals surface area contributed by atoms with Crippen molar-refractivity contribution in [1.82, 2.24) is 20.1 Å². The van der Waals surface area contributed by atoms with Crippen LogP contribution in [0.25, 0.3) is 28.0 Å². The number of alkyl halides is 3. The Morgan fingerprint density at radius 1 is 1.03 bits per heavy atom. The number of carbonyl (C=O) groups excluding carboxylic acids is 1. The van der Waals surface area contributed by atoms with E-state index >= 15 is 0 Å². The second-order valence-corrected chi connectivity index (χ2v) is 8.25. The summed E-state index contributed by atoms with van der Waals surface area (Å²) in [6.07, 6.45) is -0.0648. The number of rotatable bonds is 4. The average Bonchev–Trinajstić information content (AvgIpc) is 3.14. The van der Waals surface area contributed by atoms with Gasteiger partial charge in [-0.25, -0.2) is 9.67 Å². The topological polar surface area (TPSA) is 59.8 Å². The van der Waals surface area contributed by atoms with E-state index in [4.69, 9.17) is 23.2 Å². The molecule has 0 saturated heterocycles. The number of hydrogen-bond acceptors (Lipinski definition) is 3. The van der Waals surface area contributed by atoms with Crippen LogP contribution in [0.5, 0.6) is 0 Å². The van der Waals surface area contributed by atoms with Crippen molar-refractivity contribution < 1.29 is 18.0 Å². The van der Waals surface area contributed by atoms with Crippen molar-refractivity contribution in [2.75, 3.05) is 0 Å². The molecule has 2 aromatic heterocycles. The zero-order valence-corrected chi connectivity index (χ0v) is 18.6. The highest BCUT2D eigenvalue weighted by atomic mass is 35.5. The van der Waals surface area contributed by atoms with Crippen LogP contribution in [0.3, 0.4) is 0 Å². The highest BCUT2D eigenvalue weighted by molar-refractivity contribution is 6.32. The summed E-state index contributed by atoms with van der Waals surface area (Å²) in [5.41, 5.74) is -0.263. The third-order valence-electron chi connectivity index (χ3n) is 5.18. The molecule has 0 radical (unpaired) electrons. The average molecular weight is 501 g/mol. The zero-order valence-electron chi connectivity index (χ0n) is 17.1. The molecule has 1 aliphatic carbocycles. The van der Waals surface area contributed by atoms with Crippen LogP contribution in [0.4, 0.5) is 13.2 Å². The van der Waals surface area contributed by atoms with Gasteiger partial charge >= 0.3 is 6.18 Å². The third kappa shape index (κ3) is 3.95. The number of nitrogens with one attached hydrogen (secondary N) is 1. The quantitative estimate of drug-likeness (QED) is 0.343. The number of allylic oxidation sites excluding steroid dienone is 3. The van der Waals surface area contributed by atoms with E-state index in [1.807, 2.05) is 0 Å². The molecule has 34 heavy (non-hydrogen) atoms. The lowest BCUT2D eigenvalue weighted by Gasteiger charge is -2.14. The van der Waals surface area contributed by atoms with Gasteiger partial charge in [-0.2, -0.15) is 13.2 Å². The molecule has 5 rings (SSSR count). The van der Waals surface area contributed by atoms with Gasteiger partial charge in [0, 0.05) is 21.7 Å². The number of halogens is 5. The predicted octanol–water partition coefficient (Wildman–Crippen LogP) is 6.60. The summed E-state index contributed by atoms with van der Waals surface area (Å²) < 4.78 is 43.1. The molecule has 0 bridgehead atoms. The van der Waals surface area contributed by atoms with Gasteiger partial charge in [-0.3, -0.25) is 4.79 Å². The summed E-state index contributed by atoms with van der Waals surface area (Å²) in [4.78, 5) is 16.6. The summed E-state index contributed by atoms with van der Waals surface area (Å²) in [6, 6.07) is 14.6. The van der Waals surface area contributed by atoms with Crippen LogP contribution < -0.4 is 5.32 Å². The second-order valence-electron chi connectivity index (χ2n) is 7.41. The minimum Gasteiger partial charge on any atom is -0.322 e. The molecule has 0 atom stereocenters. The first kappa shape index (κ1) is 22.2. The fourth-order valence-electron chi connectivity index (χ4n) is 3.56. The van der Waals surface area contributed by atoms with Crippen LogP contribution in [-0.2, 0) is 6.18 Å². The number of benzene rings is 2. The molecular weight excluding hydrogens is 488 g/mol. The number of hydrogen-bond donors (Lipinski definition) is 1. The Kier molecular flexibility index (Phi) is 5.42. The second kappa shape index (κ2) is 8.30. The fourth-order valence-corrected chi connectivity index (χ4v) is 3.90. The van der Waals surface area contributed by atoms with Crippen LogP contribution in [0.2, 0.25) is 10.0 Å². The Labute approximate surface area is 201 Å². The number of para-hydroxylation sites is 1. The van der Waals surface area contributed by atoms with Crippen LogP contribution in [0.1, 0.15) is 16.1 Å². The Bertz CT molecular complexity index is 1510. The Morgan fingerprint density at radius 2 is 1.74 bits per heavy atom. The highest BCUT2D eigenvalue weighted by Gasteiger charge is 2.39. The van der Waals surface area contributed by atoms with Crippen LogP contribution in [0.15, 0.2) is 78.5 Å². The summed E-state index contributed by atoms with van der Waals surface area (Å²) in [7, 11) is 0. The minimum absolute atomic E-state index is 0.184. The van der Waals surface area contributed by atoms with Crippen molar-refractivity contribution in [2.45, 2.75) is 6.18 Å². The van der Waals surface area contributed by atoms with E-state index in [9.17, 15) is 18.0 Å². The van der Waals surface area contributed by atoms with Crippen LogP contribution in [0, 0.1) is 0 Å². The molecular formula is C24H13Cl2F3N4O. The molecule has 0 aliphatic heterocycles. The van der Waals surface area contributed by atoms with Gasteiger partial charge in [0.05, 0.1) is 22.0 Å². The lowest BCUT2D eigenvalue weighted by molar-refractivity contribution is -0.141. The van der Waals surface area contributed by atoms with Gasteiger partial charge in [0.1, 0.15) is 0 Å².